The van der Waals surface area contributed by atoms with Gasteiger partial charge in [-0.3, -0.25) is 4.18 Å². The normalized spacial score (nSPS) is 19.9. The summed E-state index contributed by atoms with van der Waals surface area (Å²) in [6.07, 6.45) is 1.08. The molecule has 10 nitrogen and oxygen atoms in total. The molecule has 2 aliphatic heterocycles. The molecular formula is C35H45ClO10S2. The Labute approximate surface area is 288 Å². The van der Waals surface area contributed by atoms with Gasteiger partial charge in [0, 0.05) is 23.7 Å². The van der Waals surface area contributed by atoms with Crippen molar-refractivity contribution in [3.05, 3.63) is 84.9 Å². The Hall–Kier alpha value is -2.65. The van der Waals surface area contributed by atoms with Gasteiger partial charge in [0.25, 0.3) is 19.2 Å². The van der Waals surface area contributed by atoms with Crippen molar-refractivity contribution in [1.29, 1.82) is 0 Å². The van der Waals surface area contributed by atoms with Crippen molar-refractivity contribution in [2.24, 2.45) is 0 Å². The first-order chi connectivity index (χ1) is 22.1. The van der Waals surface area contributed by atoms with E-state index < -0.39 is 30.7 Å². The number of benzene rings is 4. The molecule has 0 radical (unpaired) electrons. The van der Waals surface area contributed by atoms with Gasteiger partial charge in [0.1, 0.15) is 0 Å². The van der Waals surface area contributed by atoms with E-state index in [2.05, 4.69) is 0 Å². The number of fused-ring (bicyclic) bond motifs is 2. The van der Waals surface area contributed by atoms with Gasteiger partial charge in [-0.2, -0.15) is 8.42 Å². The smallest absolute Gasteiger partial charge is 0.296 e. The van der Waals surface area contributed by atoms with Gasteiger partial charge in [-0.15, -0.1) is 0 Å². The summed E-state index contributed by atoms with van der Waals surface area (Å²) in [6.45, 7) is 8.72. The first-order valence-corrected chi connectivity index (χ1v) is 18.8. The fourth-order valence-corrected chi connectivity index (χ4v) is 6.70. The molecule has 0 aromatic heterocycles. The molecule has 0 saturated carbocycles. The Morgan fingerprint density at radius 3 is 1.58 bits per heavy atom. The van der Waals surface area contributed by atoms with Crippen LogP contribution >= 0.6 is 10.7 Å². The zero-order valence-electron chi connectivity index (χ0n) is 26.8. The summed E-state index contributed by atoms with van der Waals surface area (Å²) in [5.41, 5.74) is 0. The fourth-order valence-electron chi connectivity index (χ4n) is 4.95. The van der Waals surface area contributed by atoms with E-state index in [1.165, 1.54) is 6.07 Å². The number of aliphatic hydroxyl groups excluding tert-OH is 1. The largest absolute Gasteiger partial charge is 0.396 e. The number of aliphatic hydroxyl groups is 1. The topological polar surface area (TPSA) is 135 Å². The van der Waals surface area contributed by atoms with Crippen LogP contribution in [0.25, 0.3) is 21.5 Å². The molecule has 6 rings (SSSR count). The van der Waals surface area contributed by atoms with Gasteiger partial charge < -0.3 is 24.1 Å². The molecule has 264 valence electrons. The van der Waals surface area contributed by atoms with E-state index in [1.54, 1.807) is 30.3 Å². The minimum atomic E-state index is -3.77. The second kappa shape index (κ2) is 16.8. The van der Waals surface area contributed by atoms with Crippen molar-refractivity contribution < 1.29 is 45.1 Å². The quantitative estimate of drug-likeness (QED) is 0.149. The van der Waals surface area contributed by atoms with Crippen LogP contribution in [0.1, 0.15) is 48.0 Å². The van der Waals surface area contributed by atoms with Gasteiger partial charge in [0.2, 0.25) is 0 Å². The molecule has 0 aliphatic carbocycles. The first-order valence-electron chi connectivity index (χ1n) is 15.1. The predicted molar refractivity (Wildman–Crippen MR) is 187 cm³/mol. The van der Waals surface area contributed by atoms with Crippen molar-refractivity contribution in [3.63, 3.8) is 0 Å². The second-order valence-electron chi connectivity index (χ2n) is 11.9. The van der Waals surface area contributed by atoms with Gasteiger partial charge in [-0.1, -0.05) is 68.1 Å². The van der Waals surface area contributed by atoms with Crippen LogP contribution in [0, 0.1) is 0 Å². The molecule has 2 saturated heterocycles. The summed E-state index contributed by atoms with van der Waals surface area (Å²) in [5.74, 6) is -1.05. The van der Waals surface area contributed by atoms with Crippen LogP contribution in [-0.2, 0) is 42.3 Å². The lowest BCUT2D eigenvalue weighted by Crippen LogP contribution is -2.22. The monoisotopic (exact) mass is 724 g/mol. The standard InChI is InChI=1S/C17H20O5S.C10H7ClO2S.C7H14O3.CH4/c1-17(2)20-12-15(22-17)9-10-21-23(18,19)16-8-7-13-5-3-4-6-14(13)11-16;11-14(12,13)10-6-5-8-3-1-2-4-9(8)7-10;1-7(2)9-5-6(10-7)3-4-8;/h3-8,11,15H,9-10,12H2,1-2H3;1-7H;6,8H,3-5H2,1-2H3;1H4. The van der Waals surface area contributed by atoms with Crippen LogP contribution in [0.15, 0.2) is 94.7 Å². The predicted octanol–water partition coefficient (Wildman–Crippen LogP) is 7.01. The number of ether oxygens (including phenoxy) is 4. The summed E-state index contributed by atoms with van der Waals surface area (Å²) in [5, 5.41) is 12.3. The lowest BCUT2D eigenvalue weighted by atomic mass is 10.1. The molecule has 0 amide bonds. The molecule has 13 heteroatoms. The molecule has 2 aliphatic rings. The second-order valence-corrected chi connectivity index (χ2v) is 16.1. The van der Waals surface area contributed by atoms with E-state index >= 15 is 0 Å². The van der Waals surface area contributed by atoms with Crippen LogP contribution < -0.4 is 0 Å². The maximum Gasteiger partial charge on any atom is 0.296 e. The lowest BCUT2D eigenvalue weighted by Gasteiger charge is -2.16. The van der Waals surface area contributed by atoms with E-state index in [0.717, 1.165) is 21.5 Å². The summed E-state index contributed by atoms with van der Waals surface area (Å²) in [6, 6.07) is 24.9. The third-order valence-electron chi connectivity index (χ3n) is 7.28. The highest BCUT2D eigenvalue weighted by Gasteiger charge is 2.33. The van der Waals surface area contributed by atoms with Crippen molar-refractivity contribution in [2.75, 3.05) is 26.4 Å². The van der Waals surface area contributed by atoms with E-state index in [1.807, 2.05) is 76.2 Å². The van der Waals surface area contributed by atoms with Crippen LogP contribution in [0.3, 0.4) is 0 Å². The maximum absolute atomic E-state index is 12.3. The maximum atomic E-state index is 12.3. The van der Waals surface area contributed by atoms with Crippen molar-refractivity contribution in [1.82, 2.24) is 0 Å². The van der Waals surface area contributed by atoms with E-state index in [0.29, 0.717) is 26.1 Å². The Bertz CT molecular complexity index is 1860. The number of rotatable bonds is 8. The number of hydrogen-bond donors (Lipinski definition) is 1. The summed E-state index contributed by atoms with van der Waals surface area (Å²) in [4.78, 5) is 0.304. The molecule has 0 spiro atoms. The molecule has 2 heterocycles. The number of halogens is 1. The van der Waals surface area contributed by atoms with Crippen LogP contribution in [0.5, 0.6) is 0 Å². The Balaban J connectivity index is 0.000000213. The van der Waals surface area contributed by atoms with Gasteiger partial charge in [-0.25, -0.2) is 8.42 Å². The van der Waals surface area contributed by atoms with Crippen LogP contribution in [0.4, 0.5) is 0 Å². The van der Waals surface area contributed by atoms with Gasteiger partial charge in [0.15, 0.2) is 11.6 Å². The highest BCUT2D eigenvalue weighted by molar-refractivity contribution is 8.13. The van der Waals surface area contributed by atoms with Gasteiger partial charge >= 0.3 is 0 Å². The molecule has 2 unspecified atom stereocenters. The highest BCUT2D eigenvalue weighted by atomic mass is 35.7. The number of hydrogen-bond acceptors (Lipinski definition) is 10. The molecule has 48 heavy (non-hydrogen) atoms. The minimum absolute atomic E-state index is 0. The third-order valence-corrected chi connectivity index (χ3v) is 9.94. The fraction of sp³-hybridized carbons (Fsp3) is 0.429. The van der Waals surface area contributed by atoms with Gasteiger partial charge in [-0.05, 0) is 79.9 Å². The van der Waals surface area contributed by atoms with E-state index in [9.17, 15) is 16.8 Å². The zero-order chi connectivity index (χ0) is 34.3. The summed E-state index contributed by atoms with van der Waals surface area (Å²) < 4.78 is 73.5. The molecule has 0 bridgehead atoms. The molecule has 2 atom stereocenters. The first kappa shape index (κ1) is 39.8. The highest BCUT2D eigenvalue weighted by Crippen LogP contribution is 2.26. The third kappa shape index (κ3) is 11.7. The molecular weight excluding hydrogens is 680 g/mol. The average Bonchev–Trinajstić information content (AvgIpc) is 3.55. The van der Waals surface area contributed by atoms with Crippen LogP contribution in [-0.4, -0.2) is 72.2 Å². The lowest BCUT2D eigenvalue weighted by molar-refractivity contribution is -0.140. The molecule has 4 aromatic carbocycles. The van der Waals surface area contributed by atoms with Crippen molar-refractivity contribution >= 4 is 51.4 Å². The molecule has 1 N–H and O–H groups in total. The summed E-state index contributed by atoms with van der Waals surface area (Å²) >= 11 is 0. The Morgan fingerprint density at radius 1 is 0.708 bits per heavy atom. The van der Waals surface area contributed by atoms with Crippen molar-refractivity contribution in [2.45, 2.75) is 81.5 Å². The Kier molecular flexibility index (Phi) is 14.0. The molecule has 4 aromatic rings. The molecule has 2 fully saturated rings. The Morgan fingerprint density at radius 2 is 1.15 bits per heavy atom. The summed E-state index contributed by atoms with van der Waals surface area (Å²) in [7, 11) is -2.16. The zero-order valence-corrected chi connectivity index (χ0v) is 29.2. The SMILES string of the molecule is C.CC1(C)OCC(CCO)O1.CC1(C)OCC(CCOS(=O)(=O)c2ccc3ccccc3c2)O1.O=S(=O)(Cl)c1ccc2ccccc2c1. The van der Waals surface area contributed by atoms with Crippen LogP contribution in [0.2, 0.25) is 0 Å². The van der Waals surface area contributed by atoms with Gasteiger partial charge in [0.05, 0.1) is 41.8 Å². The van der Waals surface area contributed by atoms with E-state index in [4.69, 9.17) is 38.9 Å². The van der Waals surface area contributed by atoms with Crippen molar-refractivity contribution in [3.8, 4) is 0 Å². The minimum Gasteiger partial charge on any atom is -0.396 e. The van der Waals surface area contributed by atoms with E-state index in [-0.39, 0.29) is 42.6 Å². The average molecular weight is 725 g/mol.